The number of halogens is 2. The molecule has 1 aromatic carbocycles. The van der Waals surface area contributed by atoms with Gasteiger partial charge in [0.2, 0.25) is 5.91 Å². The van der Waals surface area contributed by atoms with Crippen LogP contribution in [0.4, 0.5) is 10.2 Å². The summed E-state index contributed by atoms with van der Waals surface area (Å²) in [6.45, 7) is 6.13. The second-order valence-electron chi connectivity index (χ2n) is 7.32. The molecular formula is C21H24BrFN4O2. The van der Waals surface area contributed by atoms with Gasteiger partial charge >= 0.3 is 0 Å². The molecule has 1 saturated heterocycles. The van der Waals surface area contributed by atoms with Crippen molar-refractivity contribution in [1.82, 2.24) is 15.2 Å². The van der Waals surface area contributed by atoms with Crippen LogP contribution in [0.3, 0.4) is 0 Å². The highest BCUT2D eigenvalue weighted by atomic mass is 79.9. The Balaban J connectivity index is 1.63. The highest BCUT2D eigenvalue weighted by Gasteiger charge is 2.31. The third-order valence-corrected chi connectivity index (χ3v) is 5.43. The molecule has 0 saturated carbocycles. The normalized spacial score (nSPS) is 15.3. The van der Waals surface area contributed by atoms with E-state index in [4.69, 9.17) is 0 Å². The van der Waals surface area contributed by atoms with Crippen LogP contribution in [0.5, 0.6) is 0 Å². The van der Waals surface area contributed by atoms with E-state index < -0.39 is 17.8 Å². The van der Waals surface area contributed by atoms with Crippen LogP contribution in [-0.4, -0.2) is 53.9 Å². The minimum atomic E-state index is -0.709. The molecule has 29 heavy (non-hydrogen) atoms. The van der Waals surface area contributed by atoms with Crippen molar-refractivity contribution in [2.24, 2.45) is 5.92 Å². The fourth-order valence-electron chi connectivity index (χ4n) is 3.29. The van der Waals surface area contributed by atoms with Gasteiger partial charge in [0.05, 0.1) is 5.56 Å². The summed E-state index contributed by atoms with van der Waals surface area (Å²) >= 11 is 3.38. The molecule has 0 bridgehead atoms. The minimum Gasteiger partial charge on any atom is -0.353 e. The molecule has 2 amide bonds. The summed E-state index contributed by atoms with van der Waals surface area (Å²) in [7, 11) is 0. The Labute approximate surface area is 178 Å². The summed E-state index contributed by atoms with van der Waals surface area (Å²) in [5, 5.41) is 2.72. The van der Waals surface area contributed by atoms with E-state index in [9.17, 15) is 14.0 Å². The maximum Gasteiger partial charge on any atom is 0.254 e. The zero-order chi connectivity index (χ0) is 21.0. The number of nitrogens with zero attached hydrogens (tertiary/aromatic N) is 3. The number of carbonyl (C=O) groups excluding carboxylic acids is 2. The van der Waals surface area contributed by atoms with Crippen molar-refractivity contribution in [2.75, 3.05) is 31.1 Å². The number of piperazine rings is 1. The third kappa shape index (κ3) is 5.12. The molecule has 6 nitrogen and oxygen atoms in total. The molecule has 154 valence electrons. The first-order valence-electron chi connectivity index (χ1n) is 9.57. The van der Waals surface area contributed by atoms with Crippen LogP contribution in [-0.2, 0) is 4.79 Å². The van der Waals surface area contributed by atoms with Gasteiger partial charge in [0, 0.05) is 36.8 Å². The van der Waals surface area contributed by atoms with Gasteiger partial charge in [-0.2, -0.15) is 0 Å². The molecule has 1 atom stereocenters. The van der Waals surface area contributed by atoms with E-state index in [1.807, 2.05) is 26.0 Å². The molecule has 0 radical (unpaired) electrons. The maximum absolute atomic E-state index is 13.9. The van der Waals surface area contributed by atoms with Gasteiger partial charge in [0.15, 0.2) is 0 Å². The summed E-state index contributed by atoms with van der Waals surface area (Å²) in [6, 6.07) is 8.93. The van der Waals surface area contributed by atoms with Gasteiger partial charge in [0.1, 0.15) is 17.7 Å². The molecule has 0 aliphatic carbocycles. The Morgan fingerprint density at radius 3 is 2.38 bits per heavy atom. The van der Waals surface area contributed by atoms with Crippen molar-refractivity contribution in [1.29, 1.82) is 0 Å². The van der Waals surface area contributed by atoms with Gasteiger partial charge in [-0.1, -0.05) is 26.0 Å². The highest BCUT2D eigenvalue weighted by Crippen LogP contribution is 2.18. The maximum atomic E-state index is 13.9. The van der Waals surface area contributed by atoms with Crippen molar-refractivity contribution < 1.29 is 14.0 Å². The molecule has 0 spiro atoms. The summed E-state index contributed by atoms with van der Waals surface area (Å²) in [4.78, 5) is 33.8. The summed E-state index contributed by atoms with van der Waals surface area (Å²) < 4.78 is 14.8. The zero-order valence-electron chi connectivity index (χ0n) is 16.4. The fraction of sp³-hybridized carbons (Fsp3) is 0.381. The first kappa shape index (κ1) is 21.2. The monoisotopic (exact) mass is 462 g/mol. The van der Waals surface area contributed by atoms with Gasteiger partial charge in [-0.05, 0) is 46.1 Å². The van der Waals surface area contributed by atoms with E-state index in [-0.39, 0.29) is 17.4 Å². The minimum absolute atomic E-state index is 0.0583. The molecule has 1 aliphatic rings. The Kier molecular flexibility index (Phi) is 6.84. The quantitative estimate of drug-likeness (QED) is 0.741. The first-order valence-corrected chi connectivity index (χ1v) is 10.4. The Bertz CT molecular complexity index is 867. The third-order valence-electron chi connectivity index (χ3n) is 4.96. The number of benzene rings is 1. The van der Waals surface area contributed by atoms with Crippen molar-refractivity contribution in [2.45, 2.75) is 19.9 Å². The second kappa shape index (κ2) is 9.35. The second-order valence-corrected chi connectivity index (χ2v) is 8.24. The van der Waals surface area contributed by atoms with Gasteiger partial charge in [-0.25, -0.2) is 9.37 Å². The van der Waals surface area contributed by atoms with Crippen LogP contribution in [0, 0.1) is 11.7 Å². The molecule has 1 aromatic heterocycles. The number of aromatic nitrogens is 1. The number of hydrogen-bond donors (Lipinski definition) is 1. The number of carbonyl (C=O) groups is 2. The van der Waals surface area contributed by atoms with Crippen molar-refractivity contribution in [3.8, 4) is 0 Å². The van der Waals surface area contributed by atoms with Gasteiger partial charge in [-0.3, -0.25) is 9.59 Å². The lowest BCUT2D eigenvalue weighted by Gasteiger charge is -2.37. The molecular weight excluding hydrogens is 439 g/mol. The first-order chi connectivity index (χ1) is 13.9. The average Bonchev–Trinajstić information content (AvgIpc) is 2.72. The lowest BCUT2D eigenvalue weighted by molar-refractivity contribution is -0.134. The average molecular weight is 463 g/mol. The molecule has 2 heterocycles. The molecule has 2 aromatic rings. The topological polar surface area (TPSA) is 65.5 Å². The zero-order valence-corrected chi connectivity index (χ0v) is 18.0. The van der Waals surface area contributed by atoms with E-state index >= 15 is 0 Å². The van der Waals surface area contributed by atoms with E-state index in [2.05, 4.69) is 31.1 Å². The molecule has 1 fully saturated rings. The van der Waals surface area contributed by atoms with Crippen LogP contribution in [0.15, 0.2) is 47.1 Å². The van der Waals surface area contributed by atoms with E-state index in [0.717, 1.165) is 10.3 Å². The Hall–Kier alpha value is -2.48. The molecule has 8 heteroatoms. The van der Waals surface area contributed by atoms with Gasteiger partial charge in [-0.15, -0.1) is 0 Å². The summed E-state index contributed by atoms with van der Waals surface area (Å²) in [5.74, 6) is -0.575. The number of nitrogens with one attached hydrogen (secondary N) is 1. The number of anilines is 1. The van der Waals surface area contributed by atoms with Crippen LogP contribution in [0.1, 0.15) is 24.2 Å². The lowest BCUT2D eigenvalue weighted by atomic mass is 10.0. The summed E-state index contributed by atoms with van der Waals surface area (Å²) in [5.41, 5.74) is -0.0583. The van der Waals surface area contributed by atoms with Crippen LogP contribution in [0.25, 0.3) is 0 Å². The van der Waals surface area contributed by atoms with E-state index in [1.54, 1.807) is 17.2 Å². The van der Waals surface area contributed by atoms with Crippen molar-refractivity contribution >= 4 is 33.6 Å². The van der Waals surface area contributed by atoms with Gasteiger partial charge in [0.25, 0.3) is 5.91 Å². The van der Waals surface area contributed by atoms with Gasteiger partial charge < -0.3 is 15.1 Å². The van der Waals surface area contributed by atoms with E-state index in [1.165, 1.54) is 18.2 Å². The van der Waals surface area contributed by atoms with Crippen molar-refractivity contribution in [3.63, 3.8) is 0 Å². The Morgan fingerprint density at radius 1 is 1.10 bits per heavy atom. The van der Waals surface area contributed by atoms with Crippen LogP contribution >= 0.6 is 15.9 Å². The van der Waals surface area contributed by atoms with Crippen LogP contribution in [0.2, 0.25) is 0 Å². The Morgan fingerprint density at radius 2 is 1.79 bits per heavy atom. The predicted octanol–water partition coefficient (Wildman–Crippen LogP) is 3.09. The number of amides is 2. The summed E-state index contributed by atoms with van der Waals surface area (Å²) in [6.07, 6.45) is 1.75. The number of hydrogen-bond acceptors (Lipinski definition) is 4. The fourth-order valence-corrected chi connectivity index (χ4v) is 3.52. The lowest BCUT2D eigenvalue weighted by Crippen LogP contribution is -2.56. The smallest absolute Gasteiger partial charge is 0.254 e. The molecule has 1 unspecified atom stereocenters. The number of rotatable bonds is 5. The van der Waals surface area contributed by atoms with Crippen molar-refractivity contribution in [3.05, 3.63) is 58.4 Å². The molecule has 3 rings (SSSR count). The standard InChI is InChI=1S/C21H24BrFN4O2/c1-14(2)19(25-20(28)16-5-3-4-6-17(16)23)21(29)27-11-9-26(10-12-27)18-8-7-15(22)13-24-18/h3-8,13-14,19H,9-12H2,1-2H3,(H,25,28). The molecule has 1 aliphatic heterocycles. The molecule has 1 N–H and O–H groups in total. The van der Waals surface area contributed by atoms with Crippen LogP contribution < -0.4 is 10.2 Å². The predicted molar refractivity (Wildman–Crippen MR) is 113 cm³/mol. The highest BCUT2D eigenvalue weighted by molar-refractivity contribution is 9.10. The largest absolute Gasteiger partial charge is 0.353 e. The SMILES string of the molecule is CC(C)C(NC(=O)c1ccccc1F)C(=O)N1CCN(c2ccc(Br)cn2)CC1. The number of pyridine rings is 1. The van der Waals surface area contributed by atoms with E-state index in [0.29, 0.717) is 26.2 Å².